The van der Waals surface area contributed by atoms with Crippen LogP contribution >= 0.6 is 11.3 Å². The molecule has 0 aromatic carbocycles. The molecule has 74 valence electrons. The van der Waals surface area contributed by atoms with E-state index in [1.807, 2.05) is 20.8 Å². The van der Waals surface area contributed by atoms with Crippen molar-refractivity contribution >= 4 is 17.3 Å². The number of carbonyl (C=O) groups is 1. The van der Waals surface area contributed by atoms with Crippen LogP contribution in [0.3, 0.4) is 0 Å². The fourth-order valence-electron chi connectivity index (χ4n) is 0.658. The number of nitrogens with zero attached hydrogens (tertiary/aromatic N) is 1. The number of thiazole rings is 1. The van der Waals surface area contributed by atoms with Crippen molar-refractivity contribution in [3.05, 3.63) is 16.1 Å². The molecule has 13 heavy (non-hydrogen) atoms. The van der Waals surface area contributed by atoms with Gasteiger partial charge in [-0.25, -0.2) is 9.78 Å². The van der Waals surface area contributed by atoms with Gasteiger partial charge in [0.15, 0.2) is 0 Å². The van der Waals surface area contributed by atoms with Crippen LogP contribution in [-0.2, 0) is 4.74 Å². The number of ether oxygens (including phenoxy) is 1. The fourth-order valence-corrected chi connectivity index (χ4v) is 1.33. The topological polar surface area (TPSA) is 39.2 Å². The van der Waals surface area contributed by atoms with Crippen LogP contribution in [0.5, 0.6) is 0 Å². The molecule has 0 N–H and O–H groups in total. The van der Waals surface area contributed by atoms with Crippen molar-refractivity contribution in [2.75, 3.05) is 6.61 Å². The number of carbonyl (C=O) groups excluding carboxylic acids is 1. The van der Waals surface area contributed by atoms with E-state index in [4.69, 9.17) is 4.74 Å². The first-order chi connectivity index (χ1) is 6.24. The lowest BCUT2D eigenvalue weighted by atomic mass is 10.6. The van der Waals surface area contributed by atoms with Crippen LogP contribution in [0.25, 0.3) is 0 Å². The standard InChI is InChI=1S/C7H9NO2S.C2H6/c1-3-10-7(9)6-4-8-5(2)11-6;1-2/h4H,3H2,1-2H3;1-2H3. The molecule has 0 aliphatic heterocycles. The SMILES string of the molecule is CC.CCOC(=O)c1cnc(C)s1. The molecule has 0 bridgehead atoms. The summed E-state index contributed by atoms with van der Waals surface area (Å²) in [6, 6.07) is 0. The summed E-state index contributed by atoms with van der Waals surface area (Å²) in [5.74, 6) is -0.280. The molecule has 0 fully saturated rings. The Morgan fingerprint density at radius 3 is 2.62 bits per heavy atom. The third-order valence-corrected chi connectivity index (χ3v) is 1.99. The zero-order valence-electron chi connectivity index (χ0n) is 8.46. The smallest absolute Gasteiger partial charge is 0.349 e. The van der Waals surface area contributed by atoms with Crippen molar-refractivity contribution in [3.63, 3.8) is 0 Å². The number of rotatable bonds is 2. The number of esters is 1. The van der Waals surface area contributed by atoms with Crippen LogP contribution in [0.15, 0.2) is 6.20 Å². The Kier molecular flexibility index (Phi) is 6.14. The van der Waals surface area contributed by atoms with Crippen LogP contribution in [0, 0.1) is 6.92 Å². The maximum Gasteiger partial charge on any atom is 0.349 e. The Morgan fingerprint density at radius 2 is 2.23 bits per heavy atom. The monoisotopic (exact) mass is 201 g/mol. The molecule has 0 amide bonds. The summed E-state index contributed by atoms with van der Waals surface area (Å²) in [6.45, 7) is 8.05. The van der Waals surface area contributed by atoms with Crippen LogP contribution < -0.4 is 0 Å². The summed E-state index contributed by atoms with van der Waals surface area (Å²) >= 11 is 1.35. The van der Waals surface area contributed by atoms with Gasteiger partial charge in [0.2, 0.25) is 0 Å². The van der Waals surface area contributed by atoms with Gasteiger partial charge in [0.25, 0.3) is 0 Å². The van der Waals surface area contributed by atoms with Gasteiger partial charge in [-0.05, 0) is 13.8 Å². The van der Waals surface area contributed by atoms with E-state index in [9.17, 15) is 4.79 Å². The molecular formula is C9H15NO2S. The second kappa shape index (κ2) is 6.60. The number of hydrogen-bond donors (Lipinski definition) is 0. The second-order valence-electron chi connectivity index (χ2n) is 1.96. The maximum absolute atomic E-state index is 11.0. The average molecular weight is 201 g/mol. The second-order valence-corrected chi connectivity index (χ2v) is 3.20. The van der Waals surface area contributed by atoms with Crippen LogP contribution in [0.2, 0.25) is 0 Å². The Balaban J connectivity index is 0.000000671. The first-order valence-electron chi connectivity index (χ1n) is 4.33. The van der Waals surface area contributed by atoms with E-state index in [1.165, 1.54) is 17.5 Å². The van der Waals surface area contributed by atoms with Crippen LogP contribution in [0.4, 0.5) is 0 Å². The van der Waals surface area contributed by atoms with Crippen molar-refractivity contribution in [3.8, 4) is 0 Å². The van der Waals surface area contributed by atoms with Gasteiger partial charge in [0.05, 0.1) is 17.8 Å². The zero-order valence-corrected chi connectivity index (χ0v) is 9.27. The Morgan fingerprint density at radius 1 is 1.62 bits per heavy atom. The van der Waals surface area contributed by atoms with Gasteiger partial charge >= 0.3 is 5.97 Å². The van der Waals surface area contributed by atoms with E-state index in [1.54, 1.807) is 6.92 Å². The highest BCUT2D eigenvalue weighted by Gasteiger charge is 2.08. The quantitative estimate of drug-likeness (QED) is 0.690. The lowest BCUT2D eigenvalue weighted by Gasteiger charge is -1.95. The van der Waals surface area contributed by atoms with E-state index < -0.39 is 0 Å². The molecule has 1 rings (SSSR count). The third-order valence-electron chi connectivity index (χ3n) is 1.10. The summed E-state index contributed by atoms with van der Waals surface area (Å²) in [7, 11) is 0. The molecule has 0 atom stereocenters. The molecule has 0 aliphatic carbocycles. The zero-order chi connectivity index (χ0) is 10.3. The van der Waals surface area contributed by atoms with Gasteiger partial charge in [-0.15, -0.1) is 11.3 Å². The van der Waals surface area contributed by atoms with Crippen molar-refractivity contribution in [2.24, 2.45) is 0 Å². The van der Waals surface area contributed by atoms with Gasteiger partial charge in [0.1, 0.15) is 4.88 Å². The number of aromatic nitrogens is 1. The molecule has 0 saturated carbocycles. The molecule has 3 nitrogen and oxygen atoms in total. The summed E-state index contributed by atoms with van der Waals surface area (Å²) in [6.07, 6.45) is 1.54. The van der Waals surface area contributed by atoms with Gasteiger partial charge < -0.3 is 4.74 Å². The van der Waals surface area contributed by atoms with Crippen LogP contribution in [-0.4, -0.2) is 17.6 Å². The summed E-state index contributed by atoms with van der Waals surface area (Å²) in [4.78, 5) is 15.5. The fraction of sp³-hybridized carbons (Fsp3) is 0.556. The van der Waals surface area contributed by atoms with Crippen molar-refractivity contribution in [1.82, 2.24) is 4.98 Å². The van der Waals surface area contributed by atoms with Crippen LogP contribution in [0.1, 0.15) is 35.5 Å². The minimum absolute atomic E-state index is 0.280. The van der Waals surface area contributed by atoms with Gasteiger partial charge in [0, 0.05) is 0 Å². The van der Waals surface area contributed by atoms with E-state index in [-0.39, 0.29) is 5.97 Å². The molecule has 0 saturated heterocycles. The minimum atomic E-state index is -0.280. The van der Waals surface area contributed by atoms with Gasteiger partial charge in [-0.3, -0.25) is 0 Å². The Labute approximate surface area is 82.8 Å². The molecule has 0 spiro atoms. The molecular weight excluding hydrogens is 186 g/mol. The normalized spacial score (nSPS) is 8.62. The first kappa shape index (κ1) is 12.1. The first-order valence-corrected chi connectivity index (χ1v) is 5.15. The number of hydrogen-bond acceptors (Lipinski definition) is 4. The summed E-state index contributed by atoms with van der Waals surface area (Å²) < 4.78 is 4.77. The highest BCUT2D eigenvalue weighted by atomic mass is 32.1. The molecule has 4 heteroatoms. The summed E-state index contributed by atoms with van der Waals surface area (Å²) in [5, 5.41) is 0.882. The number of aryl methyl sites for hydroxylation is 1. The third kappa shape index (κ3) is 4.03. The highest BCUT2D eigenvalue weighted by Crippen LogP contribution is 2.12. The predicted octanol–water partition coefficient (Wildman–Crippen LogP) is 2.65. The maximum atomic E-state index is 11.0. The lowest BCUT2D eigenvalue weighted by molar-refractivity contribution is 0.0532. The van der Waals surface area contributed by atoms with E-state index in [0.717, 1.165) is 5.01 Å². The van der Waals surface area contributed by atoms with E-state index in [0.29, 0.717) is 11.5 Å². The van der Waals surface area contributed by atoms with E-state index in [2.05, 4.69) is 4.98 Å². The molecule has 0 radical (unpaired) electrons. The minimum Gasteiger partial charge on any atom is -0.462 e. The Hall–Kier alpha value is -0.900. The lowest BCUT2D eigenvalue weighted by Crippen LogP contribution is -2.01. The highest BCUT2D eigenvalue weighted by molar-refractivity contribution is 7.13. The molecule has 0 aliphatic rings. The molecule has 1 aromatic rings. The van der Waals surface area contributed by atoms with Gasteiger partial charge in [-0.2, -0.15) is 0 Å². The molecule has 0 unspecified atom stereocenters. The van der Waals surface area contributed by atoms with Gasteiger partial charge in [-0.1, -0.05) is 13.8 Å². The van der Waals surface area contributed by atoms with Crippen molar-refractivity contribution in [2.45, 2.75) is 27.7 Å². The largest absolute Gasteiger partial charge is 0.462 e. The van der Waals surface area contributed by atoms with E-state index >= 15 is 0 Å². The predicted molar refractivity (Wildman–Crippen MR) is 54.2 cm³/mol. The Bertz CT molecular complexity index is 258. The average Bonchev–Trinajstić information content (AvgIpc) is 2.56. The summed E-state index contributed by atoms with van der Waals surface area (Å²) in [5.41, 5.74) is 0. The van der Waals surface area contributed by atoms with Crippen molar-refractivity contribution in [1.29, 1.82) is 0 Å². The van der Waals surface area contributed by atoms with Crippen molar-refractivity contribution < 1.29 is 9.53 Å². The molecule has 1 aromatic heterocycles. The molecule has 1 heterocycles.